The standard InChI is InChI=1S/C22H30F2O2/c1-3-25-18-11-9-16(10-12-18)15-5-7-17(8-6-15)19-13-14-20(26-4-2)22(24)21(19)23/h5,7,13-18H,3-4,6,8-12H2,1-2H3. The predicted molar refractivity (Wildman–Crippen MR) is 99.5 cm³/mol. The van der Waals surface area contributed by atoms with Crippen molar-refractivity contribution in [2.75, 3.05) is 13.2 Å². The molecule has 0 radical (unpaired) electrons. The first-order valence-electron chi connectivity index (χ1n) is 10.0. The number of benzene rings is 1. The summed E-state index contributed by atoms with van der Waals surface area (Å²) in [4.78, 5) is 0. The van der Waals surface area contributed by atoms with E-state index in [4.69, 9.17) is 9.47 Å². The van der Waals surface area contributed by atoms with Crippen LogP contribution in [0.3, 0.4) is 0 Å². The van der Waals surface area contributed by atoms with Crippen LogP contribution < -0.4 is 4.74 Å². The maximum absolute atomic E-state index is 14.4. The molecule has 0 aliphatic heterocycles. The van der Waals surface area contributed by atoms with Gasteiger partial charge < -0.3 is 9.47 Å². The molecular formula is C22H30F2O2. The van der Waals surface area contributed by atoms with Gasteiger partial charge in [0.1, 0.15) is 0 Å². The zero-order chi connectivity index (χ0) is 18.5. The first-order chi connectivity index (χ1) is 12.6. The van der Waals surface area contributed by atoms with E-state index in [-0.39, 0.29) is 11.7 Å². The summed E-state index contributed by atoms with van der Waals surface area (Å²) in [7, 11) is 0. The molecule has 144 valence electrons. The molecular weight excluding hydrogens is 334 g/mol. The molecule has 2 aliphatic rings. The lowest BCUT2D eigenvalue weighted by atomic mass is 9.73. The lowest BCUT2D eigenvalue weighted by molar-refractivity contribution is 0.0200. The van der Waals surface area contributed by atoms with E-state index in [1.807, 2.05) is 0 Å². The zero-order valence-corrected chi connectivity index (χ0v) is 15.8. The van der Waals surface area contributed by atoms with Gasteiger partial charge >= 0.3 is 0 Å². The molecule has 2 nitrogen and oxygen atoms in total. The Labute approximate surface area is 155 Å². The second kappa shape index (κ2) is 8.98. The van der Waals surface area contributed by atoms with Crippen LogP contribution in [-0.4, -0.2) is 19.3 Å². The van der Waals surface area contributed by atoms with E-state index in [1.54, 1.807) is 19.1 Å². The van der Waals surface area contributed by atoms with Gasteiger partial charge in [-0.2, -0.15) is 4.39 Å². The van der Waals surface area contributed by atoms with Gasteiger partial charge in [-0.3, -0.25) is 0 Å². The quantitative estimate of drug-likeness (QED) is 0.576. The Morgan fingerprint density at radius 1 is 0.885 bits per heavy atom. The molecule has 0 heterocycles. The van der Waals surface area contributed by atoms with E-state index in [9.17, 15) is 8.78 Å². The van der Waals surface area contributed by atoms with Crippen molar-refractivity contribution in [3.8, 4) is 5.75 Å². The lowest BCUT2D eigenvalue weighted by Crippen LogP contribution is -2.26. The van der Waals surface area contributed by atoms with Crippen molar-refractivity contribution in [2.45, 2.75) is 64.4 Å². The third-order valence-corrected chi connectivity index (χ3v) is 5.90. The summed E-state index contributed by atoms with van der Waals surface area (Å²) < 4.78 is 39.4. The second-order valence-electron chi connectivity index (χ2n) is 7.44. The third-order valence-electron chi connectivity index (χ3n) is 5.90. The average molecular weight is 364 g/mol. The molecule has 1 fully saturated rings. The number of hydrogen-bond donors (Lipinski definition) is 0. The third kappa shape index (κ3) is 4.28. The summed E-state index contributed by atoms with van der Waals surface area (Å²) in [5.41, 5.74) is 0.445. The molecule has 4 heteroatoms. The van der Waals surface area contributed by atoms with Gasteiger partial charge in [0.2, 0.25) is 5.82 Å². The summed E-state index contributed by atoms with van der Waals surface area (Å²) in [5, 5.41) is 0. The largest absolute Gasteiger partial charge is 0.491 e. The first kappa shape index (κ1) is 19.3. The Morgan fingerprint density at radius 2 is 1.65 bits per heavy atom. The Hall–Kier alpha value is -1.42. The van der Waals surface area contributed by atoms with Crippen LogP contribution in [0.4, 0.5) is 8.78 Å². The zero-order valence-electron chi connectivity index (χ0n) is 15.8. The first-order valence-corrected chi connectivity index (χ1v) is 10.0. The van der Waals surface area contributed by atoms with Crippen molar-refractivity contribution in [3.05, 3.63) is 41.5 Å². The maximum atomic E-state index is 14.4. The molecule has 3 rings (SSSR count). The van der Waals surface area contributed by atoms with Crippen LogP contribution in [0.15, 0.2) is 24.3 Å². The van der Waals surface area contributed by atoms with Crippen LogP contribution >= 0.6 is 0 Å². The fraction of sp³-hybridized carbons (Fsp3) is 0.636. The monoisotopic (exact) mass is 364 g/mol. The van der Waals surface area contributed by atoms with Crippen molar-refractivity contribution in [1.29, 1.82) is 0 Å². The summed E-state index contributed by atoms with van der Waals surface area (Å²) in [5.74, 6) is -0.417. The van der Waals surface area contributed by atoms with Crippen molar-refractivity contribution in [3.63, 3.8) is 0 Å². The SMILES string of the molecule is CCOc1ccc(C2C=CC(C3CCC(OCC)CC3)CC2)c(F)c1F. The smallest absolute Gasteiger partial charge is 0.200 e. The molecule has 1 aromatic rings. The number of halogens is 2. The highest BCUT2D eigenvalue weighted by Gasteiger charge is 2.30. The minimum absolute atomic E-state index is 0.00234. The van der Waals surface area contributed by atoms with E-state index in [0.717, 1.165) is 32.3 Å². The second-order valence-corrected chi connectivity index (χ2v) is 7.44. The Balaban J connectivity index is 1.62. The van der Waals surface area contributed by atoms with Gasteiger partial charge in [-0.25, -0.2) is 4.39 Å². The van der Waals surface area contributed by atoms with Crippen LogP contribution in [0.1, 0.15) is 63.9 Å². The van der Waals surface area contributed by atoms with Crippen LogP contribution in [-0.2, 0) is 4.74 Å². The highest BCUT2D eigenvalue weighted by Crippen LogP contribution is 2.40. The summed E-state index contributed by atoms with van der Waals surface area (Å²) in [6.45, 7) is 4.94. The molecule has 0 saturated heterocycles. The molecule has 2 atom stereocenters. The van der Waals surface area contributed by atoms with Crippen molar-refractivity contribution < 1.29 is 18.3 Å². The van der Waals surface area contributed by atoms with Crippen molar-refractivity contribution >= 4 is 0 Å². The molecule has 0 amide bonds. The normalized spacial score (nSPS) is 28.9. The average Bonchev–Trinajstić information content (AvgIpc) is 2.67. The number of allylic oxidation sites excluding steroid dienone is 2. The minimum atomic E-state index is -0.867. The number of ether oxygens (including phenoxy) is 2. The molecule has 0 aromatic heterocycles. The van der Waals surface area contributed by atoms with E-state index in [1.165, 1.54) is 12.8 Å². The van der Waals surface area contributed by atoms with E-state index >= 15 is 0 Å². The fourth-order valence-electron chi connectivity index (χ4n) is 4.51. The molecule has 0 N–H and O–H groups in total. The van der Waals surface area contributed by atoms with Gasteiger partial charge in [0, 0.05) is 12.5 Å². The van der Waals surface area contributed by atoms with E-state index < -0.39 is 11.6 Å². The summed E-state index contributed by atoms with van der Waals surface area (Å²) in [6.07, 6.45) is 11.4. The fourth-order valence-corrected chi connectivity index (χ4v) is 4.51. The van der Waals surface area contributed by atoms with Gasteiger partial charge in [-0.15, -0.1) is 0 Å². The van der Waals surface area contributed by atoms with Gasteiger partial charge in [-0.1, -0.05) is 18.2 Å². The Morgan fingerprint density at radius 3 is 2.27 bits per heavy atom. The van der Waals surface area contributed by atoms with Crippen LogP contribution in [0, 0.1) is 23.5 Å². The number of hydrogen-bond acceptors (Lipinski definition) is 2. The van der Waals surface area contributed by atoms with Crippen LogP contribution in [0.5, 0.6) is 5.75 Å². The number of rotatable bonds is 6. The molecule has 0 bridgehead atoms. The van der Waals surface area contributed by atoms with Crippen LogP contribution in [0.25, 0.3) is 0 Å². The Bertz CT molecular complexity index is 621. The van der Waals surface area contributed by atoms with Crippen molar-refractivity contribution in [2.24, 2.45) is 11.8 Å². The topological polar surface area (TPSA) is 18.5 Å². The maximum Gasteiger partial charge on any atom is 0.200 e. The van der Waals surface area contributed by atoms with Crippen molar-refractivity contribution in [1.82, 2.24) is 0 Å². The van der Waals surface area contributed by atoms with E-state index in [0.29, 0.717) is 30.1 Å². The highest BCUT2D eigenvalue weighted by molar-refractivity contribution is 5.35. The lowest BCUT2D eigenvalue weighted by Gasteiger charge is -2.35. The minimum Gasteiger partial charge on any atom is -0.491 e. The molecule has 1 aromatic carbocycles. The molecule has 2 unspecified atom stereocenters. The molecule has 26 heavy (non-hydrogen) atoms. The van der Waals surface area contributed by atoms with Gasteiger partial charge in [-0.05, 0) is 75.8 Å². The molecule has 1 saturated carbocycles. The summed E-state index contributed by atoms with van der Waals surface area (Å²) >= 11 is 0. The Kier molecular flexibility index (Phi) is 6.68. The summed E-state index contributed by atoms with van der Waals surface area (Å²) in [6, 6.07) is 3.22. The predicted octanol–water partition coefficient (Wildman–Crippen LogP) is 6.01. The van der Waals surface area contributed by atoms with E-state index in [2.05, 4.69) is 19.1 Å². The highest BCUT2D eigenvalue weighted by atomic mass is 19.2. The van der Waals surface area contributed by atoms with Crippen LogP contribution in [0.2, 0.25) is 0 Å². The molecule has 0 spiro atoms. The molecule has 2 aliphatic carbocycles. The van der Waals surface area contributed by atoms with Gasteiger partial charge in [0.15, 0.2) is 11.6 Å². The van der Waals surface area contributed by atoms with Gasteiger partial charge in [0.05, 0.1) is 12.7 Å². The van der Waals surface area contributed by atoms with Gasteiger partial charge in [0.25, 0.3) is 0 Å².